The van der Waals surface area contributed by atoms with E-state index in [2.05, 4.69) is 9.97 Å². The molecule has 0 amide bonds. The van der Waals surface area contributed by atoms with Gasteiger partial charge in [0.1, 0.15) is 10.5 Å². The smallest absolute Gasteiger partial charge is 0.201 e. The van der Waals surface area contributed by atoms with E-state index in [1.165, 1.54) is 11.3 Å². The fraction of sp³-hybridized carbons (Fsp3) is 0.111. The van der Waals surface area contributed by atoms with Crippen molar-refractivity contribution in [3.63, 3.8) is 0 Å². The first-order valence-corrected chi connectivity index (χ1v) is 6.14. The van der Waals surface area contributed by atoms with Gasteiger partial charge in [-0.1, -0.05) is 0 Å². The van der Waals surface area contributed by atoms with Gasteiger partial charge in [0.15, 0.2) is 5.58 Å². The molecule has 6 heteroatoms. The lowest BCUT2D eigenvalue weighted by molar-refractivity contribution is 0.543. The summed E-state index contributed by atoms with van der Waals surface area (Å²) >= 11 is 3.02. The van der Waals surface area contributed by atoms with Crippen LogP contribution in [0, 0.1) is 0 Å². The van der Waals surface area contributed by atoms with E-state index in [9.17, 15) is 0 Å². The van der Waals surface area contributed by atoms with Gasteiger partial charge in [0, 0.05) is 10.8 Å². The molecule has 0 aliphatic heterocycles. The zero-order chi connectivity index (χ0) is 10.3. The first-order valence-electron chi connectivity index (χ1n) is 4.32. The van der Waals surface area contributed by atoms with Crippen LogP contribution < -0.4 is 5.73 Å². The highest BCUT2D eigenvalue weighted by molar-refractivity contribution is 7.15. The Morgan fingerprint density at radius 1 is 1.40 bits per heavy atom. The summed E-state index contributed by atoms with van der Waals surface area (Å²) in [7, 11) is 0. The summed E-state index contributed by atoms with van der Waals surface area (Å²) in [6.45, 7) is 0. The average Bonchev–Trinajstić information content (AvgIpc) is 2.88. The van der Waals surface area contributed by atoms with Crippen molar-refractivity contribution < 1.29 is 4.42 Å². The number of nitrogen functional groups attached to an aromatic ring is 1. The molecule has 0 saturated heterocycles. The second kappa shape index (κ2) is 3.32. The number of oxazole rings is 1. The van der Waals surface area contributed by atoms with Gasteiger partial charge < -0.3 is 10.2 Å². The standard InChI is InChI=1S/C9H7N3OS2/c10-9-8-6(3-15-9)13-7(12-8)1-5-2-14-4-11-5/h2-4H,1,10H2. The van der Waals surface area contributed by atoms with Crippen LogP contribution in [0.15, 0.2) is 20.7 Å². The van der Waals surface area contributed by atoms with Crippen LogP contribution in [0.25, 0.3) is 11.1 Å². The van der Waals surface area contributed by atoms with Gasteiger partial charge in [-0.3, -0.25) is 0 Å². The summed E-state index contributed by atoms with van der Waals surface area (Å²) in [5.41, 5.74) is 10.1. The van der Waals surface area contributed by atoms with E-state index in [0.717, 1.165) is 16.8 Å². The van der Waals surface area contributed by atoms with Gasteiger partial charge >= 0.3 is 0 Å². The lowest BCUT2D eigenvalue weighted by atomic mass is 10.3. The highest BCUT2D eigenvalue weighted by Crippen LogP contribution is 2.28. The number of nitrogens with two attached hydrogens (primary N) is 1. The molecule has 3 aromatic heterocycles. The largest absolute Gasteiger partial charge is 0.439 e. The Morgan fingerprint density at radius 2 is 2.33 bits per heavy atom. The SMILES string of the molecule is Nc1scc2oc(Cc3cscn3)nc12. The van der Waals surface area contributed by atoms with E-state index in [0.29, 0.717) is 17.3 Å². The average molecular weight is 237 g/mol. The molecule has 0 aromatic carbocycles. The van der Waals surface area contributed by atoms with E-state index in [-0.39, 0.29) is 0 Å². The fourth-order valence-electron chi connectivity index (χ4n) is 1.36. The predicted octanol–water partition coefficient (Wildman–Crippen LogP) is 2.52. The molecule has 15 heavy (non-hydrogen) atoms. The Bertz CT molecular complexity index is 582. The Hall–Kier alpha value is -1.40. The van der Waals surface area contributed by atoms with Crippen molar-refractivity contribution in [2.45, 2.75) is 6.42 Å². The van der Waals surface area contributed by atoms with E-state index >= 15 is 0 Å². The van der Waals surface area contributed by atoms with Gasteiger partial charge in [-0.15, -0.1) is 22.7 Å². The molecule has 0 aliphatic carbocycles. The molecule has 0 fully saturated rings. The van der Waals surface area contributed by atoms with Crippen molar-refractivity contribution in [2.75, 3.05) is 5.73 Å². The molecular formula is C9H7N3OS2. The highest BCUT2D eigenvalue weighted by Gasteiger charge is 2.11. The molecule has 0 bridgehead atoms. The van der Waals surface area contributed by atoms with Crippen molar-refractivity contribution in [3.05, 3.63) is 27.9 Å². The van der Waals surface area contributed by atoms with Crippen molar-refractivity contribution >= 4 is 38.8 Å². The Kier molecular flexibility index (Phi) is 1.96. The number of fused-ring (bicyclic) bond motifs is 1. The maximum Gasteiger partial charge on any atom is 0.201 e. The molecule has 3 rings (SSSR count). The number of thiophene rings is 1. The number of hydrogen-bond acceptors (Lipinski definition) is 6. The van der Waals surface area contributed by atoms with Crippen LogP contribution in [0.4, 0.5) is 5.00 Å². The van der Waals surface area contributed by atoms with E-state index < -0.39 is 0 Å². The normalized spacial score (nSPS) is 11.2. The molecule has 4 nitrogen and oxygen atoms in total. The van der Waals surface area contributed by atoms with Crippen molar-refractivity contribution in [1.82, 2.24) is 9.97 Å². The monoisotopic (exact) mass is 237 g/mol. The van der Waals surface area contributed by atoms with Gasteiger partial charge in [-0.05, 0) is 0 Å². The summed E-state index contributed by atoms with van der Waals surface area (Å²) in [5, 5.41) is 4.57. The molecular weight excluding hydrogens is 230 g/mol. The molecule has 0 spiro atoms. The third-order valence-electron chi connectivity index (χ3n) is 2.04. The molecule has 2 N–H and O–H groups in total. The molecule has 0 aliphatic rings. The number of aromatic nitrogens is 2. The molecule has 76 valence electrons. The van der Waals surface area contributed by atoms with Crippen molar-refractivity contribution in [2.24, 2.45) is 0 Å². The van der Waals surface area contributed by atoms with Crippen LogP contribution in [0.1, 0.15) is 11.6 Å². The molecule has 0 saturated carbocycles. The summed E-state index contributed by atoms with van der Waals surface area (Å²) < 4.78 is 5.55. The Morgan fingerprint density at radius 3 is 3.07 bits per heavy atom. The second-order valence-corrected chi connectivity index (χ2v) is 4.71. The maximum atomic E-state index is 5.75. The summed E-state index contributed by atoms with van der Waals surface area (Å²) in [4.78, 5) is 8.51. The summed E-state index contributed by atoms with van der Waals surface area (Å²) in [6, 6.07) is 0. The van der Waals surface area contributed by atoms with Crippen LogP contribution in [0.5, 0.6) is 0 Å². The molecule has 0 radical (unpaired) electrons. The van der Waals surface area contributed by atoms with Gasteiger partial charge in [0.25, 0.3) is 0 Å². The molecule has 0 atom stereocenters. The minimum atomic E-state index is 0.627. The van der Waals surface area contributed by atoms with Crippen LogP contribution in [-0.2, 0) is 6.42 Å². The van der Waals surface area contributed by atoms with Gasteiger partial charge in [-0.25, -0.2) is 9.97 Å². The predicted molar refractivity (Wildman–Crippen MR) is 61.2 cm³/mol. The minimum Gasteiger partial charge on any atom is -0.439 e. The molecule has 3 aromatic rings. The lowest BCUT2D eigenvalue weighted by Gasteiger charge is -1.88. The van der Waals surface area contributed by atoms with Gasteiger partial charge in [0.2, 0.25) is 5.89 Å². The Balaban J connectivity index is 1.98. The summed E-state index contributed by atoms with van der Waals surface area (Å²) in [5.74, 6) is 0.672. The lowest BCUT2D eigenvalue weighted by Crippen LogP contribution is -1.87. The van der Waals surface area contributed by atoms with E-state index in [4.69, 9.17) is 10.2 Å². The van der Waals surface area contributed by atoms with Crippen molar-refractivity contribution in [1.29, 1.82) is 0 Å². The van der Waals surface area contributed by atoms with Gasteiger partial charge in [-0.2, -0.15) is 0 Å². The van der Waals surface area contributed by atoms with E-state index in [1.807, 2.05) is 10.8 Å². The van der Waals surface area contributed by atoms with Crippen LogP contribution in [0.2, 0.25) is 0 Å². The quantitative estimate of drug-likeness (QED) is 0.743. The Labute approximate surface area is 93.4 Å². The summed E-state index contributed by atoms with van der Waals surface area (Å²) in [6.07, 6.45) is 0.627. The minimum absolute atomic E-state index is 0.627. The first kappa shape index (κ1) is 8.87. The zero-order valence-electron chi connectivity index (χ0n) is 7.64. The van der Waals surface area contributed by atoms with Gasteiger partial charge in [0.05, 0.1) is 17.6 Å². The first-order chi connectivity index (χ1) is 7.33. The number of thiazole rings is 1. The third-order valence-corrected chi connectivity index (χ3v) is 3.45. The van der Waals surface area contributed by atoms with Crippen LogP contribution in [0.3, 0.4) is 0 Å². The molecule has 0 unspecified atom stereocenters. The van der Waals surface area contributed by atoms with E-state index in [1.54, 1.807) is 16.8 Å². The van der Waals surface area contributed by atoms with Crippen LogP contribution in [-0.4, -0.2) is 9.97 Å². The van der Waals surface area contributed by atoms with Crippen molar-refractivity contribution in [3.8, 4) is 0 Å². The second-order valence-electron chi connectivity index (χ2n) is 3.08. The number of anilines is 1. The third kappa shape index (κ3) is 1.51. The number of rotatable bonds is 2. The number of nitrogens with zero attached hydrogens (tertiary/aromatic N) is 2. The fourth-order valence-corrected chi connectivity index (χ4v) is 2.57. The zero-order valence-corrected chi connectivity index (χ0v) is 9.27. The van der Waals surface area contributed by atoms with Crippen LogP contribution >= 0.6 is 22.7 Å². The highest BCUT2D eigenvalue weighted by atomic mass is 32.1. The topological polar surface area (TPSA) is 64.9 Å². The number of hydrogen-bond donors (Lipinski definition) is 1. The maximum absolute atomic E-state index is 5.75. The molecule has 3 heterocycles.